The number of thioether (sulfide) groups is 2. The maximum atomic E-state index is 6.54. The zero-order valence-electron chi connectivity index (χ0n) is 13.0. The molecule has 4 unspecified atom stereocenters. The van der Waals surface area contributed by atoms with Gasteiger partial charge in [-0.25, -0.2) is 0 Å². The Morgan fingerprint density at radius 3 is 2.65 bits per heavy atom. The molecule has 4 atom stereocenters. The average Bonchev–Trinajstić information content (AvgIpc) is 2.40. The van der Waals surface area contributed by atoms with Crippen molar-refractivity contribution in [3.63, 3.8) is 0 Å². The molecule has 0 saturated carbocycles. The first kappa shape index (κ1) is 16.3. The molecule has 1 nitrogen and oxygen atoms in total. The standard InChI is InChI=1S/C17H27NS2/c1-11(2)8-14-6-5-7-15(9-14)17(18)16-10-19-12(3)13(4)20-16/h5-7,9,11-13,16-17H,8,10,18H2,1-4H3. The number of nitrogens with two attached hydrogens (primary N) is 1. The lowest BCUT2D eigenvalue weighted by Gasteiger charge is -2.34. The van der Waals surface area contributed by atoms with Crippen LogP contribution >= 0.6 is 23.5 Å². The zero-order chi connectivity index (χ0) is 14.7. The van der Waals surface area contributed by atoms with Gasteiger partial charge in [-0.05, 0) is 23.5 Å². The molecule has 1 fully saturated rings. The molecule has 3 heteroatoms. The van der Waals surface area contributed by atoms with Crippen molar-refractivity contribution >= 4 is 23.5 Å². The van der Waals surface area contributed by atoms with Crippen molar-refractivity contribution in [3.8, 4) is 0 Å². The van der Waals surface area contributed by atoms with Crippen molar-refractivity contribution in [3.05, 3.63) is 35.4 Å². The van der Waals surface area contributed by atoms with Crippen LogP contribution in [0.25, 0.3) is 0 Å². The van der Waals surface area contributed by atoms with Crippen LogP contribution in [0.3, 0.4) is 0 Å². The SMILES string of the molecule is CC(C)Cc1cccc(C(N)C2CSC(C)C(C)S2)c1. The fourth-order valence-electron chi connectivity index (χ4n) is 2.61. The first-order valence-corrected chi connectivity index (χ1v) is 9.58. The number of hydrogen-bond donors (Lipinski definition) is 1. The van der Waals surface area contributed by atoms with Gasteiger partial charge in [-0.3, -0.25) is 0 Å². The van der Waals surface area contributed by atoms with Crippen molar-refractivity contribution in [2.75, 3.05) is 5.75 Å². The molecule has 2 rings (SSSR count). The number of rotatable bonds is 4. The van der Waals surface area contributed by atoms with Crippen LogP contribution in [0, 0.1) is 5.92 Å². The molecular weight excluding hydrogens is 282 g/mol. The quantitative estimate of drug-likeness (QED) is 0.886. The van der Waals surface area contributed by atoms with Crippen molar-refractivity contribution in [2.24, 2.45) is 11.7 Å². The van der Waals surface area contributed by atoms with E-state index in [1.54, 1.807) is 0 Å². The van der Waals surface area contributed by atoms with Crippen LogP contribution in [0.15, 0.2) is 24.3 Å². The van der Waals surface area contributed by atoms with Gasteiger partial charge in [-0.15, -0.1) is 0 Å². The lowest BCUT2D eigenvalue weighted by atomic mass is 9.97. The third-order valence-corrected chi connectivity index (χ3v) is 7.47. The van der Waals surface area contributed by atoms with Crippen LogP contribution in [-0.2, 0) is 6.42 Å². The van der Waals surface area contributed by atoms with E-state index in [4.69, 9.17) is 5.73 Å². The summed E-state index contributed by atoms with van der Waals surface area (Å²) in [4.78, 5) is 0. The Labute approximate surface area is 132 Å². The van der Waals surface area contributed by atoms with E-state index in [1.165, 1.54) is 16.9 Å². The van der Waals surface area contributed by atoms with Gasteiger partial charge in [-0.1, -0.05) is 52.0 Å². The molecule has 1 heterocycles. The second kappa shape index (κ2) is 7.24. The van der Waals surface area contributed by atoms with Crippen LogP contribution in [0.2, 0.25) is 0 Å². The summed E-state index contributed by atoms with van der Waals surface area (Å²) in [5.41, 5.74) is 9.27. The van der Waals surface area contributed by atoms with Gasteiger partial charge in [0.05, 0.1) is 0 Å². The van der Waals surface area contributed by atoms with Gasteiger partial charge >= 0.3 is 0 Å². The molecule has 1 aliphatic heterocycles. The van der Waals surface area contributed by atoms with Crippen LogP contribution < -0.4 is 5.73 Å². The second-order valence-electron chi connectivity index (χ2n) is 6.29. The minimum atomic E-state index is 0.162. The average molecular weight is 310 g/mol. The van der Waals surface area contributed by atoms with Crippen LogP contribution in [0.4, 0.5) is 0 Å². The first-order valence-electron chi connectivity index (χ1n) is 7.59. The second-order valence-corrected chi connectivity index (χ2v) is 9.32. The van der Waals surface area contributed by atoms with E-state index in [-0.39, 0.29) is 6.04 Å². The molecule has 1 aromatic rings. The smallest absolute Gasteiger partial charge is 0.0423 e. The molecule has 1 aromatic carbocycles. The van der Waals surface area contributed by atoms with Gasteiger partial charge in [0.1, 0.15) is 0 Å². The third kappa shape index (κ3) is 4.19. The summed E-state index contributed by atoms with van der Waals surface area (Å²) < 4.78 is 0. The molecule has 112 valence electrons. The molecular formula is C17H27NS2. The number of hydrogen-bond acceptors (Lipinski definition) is 3. The summed E-state index contributed by atoms with van der Waals surface area (Å²) in [5.74, 6) is 1.87. The van der Waals surface area contributed by atoms with Crippen molar-refractivity contribution in [2.45, 2.75) is 55.9 Å². The Morgan fingerprint density at radius 1 is 1.25 bits per heavy atom. The molecule has 1 aliphatic rings. The van der Waals surface area contributed by atoms with Gasteiger partial charge in [0.25, 0.3) is 0 Å². The minimum absolute atomic E-state index is 0.162. The molecule has 20 heavy (non-hydrogen) atoms. The number of benzene rings is 1. The predicted molar refractivity (Wildman–Crippen MR) is 94.7 cm³/mol. The Hall–Kier alpha value is -0.120. The van der Waals surface area contributed by atoms with E-state index in [9.17, 15) is 0 Å². The molecule has 0 bridgehead atoms. The van der Waals surface area contributed by atoms with E-state index < -0.39 is 0 Å². The highest BCUT2D eigenvalue weighted by atomic mass is 32.2. The van der Waals surface area contributed by atoms with Gasteiger partial charge in [-0.2, -0.15) is 23.5 Å². The minimum Gasteiger partial charge on any atom is -0.323 e. The largest absolute Gasteiger partial charge is 0.323 e. The Kier molecular flexibility index (Phi) is 5.88. The van der Waals surface area contributed by atoms with E-state index >= 15 is 0 Å². The van der Waals surface area contributed by atoms with E-state index in [0.29, 0.717) is 16.4 Å². The van der Waals surface area contributed by atoms with E-state index in [0.717, 1.165) is 11.7 Å². The zero-order valence-corrected chi connectivity index (χ0v) is 14.6. The third-order valence-electron chi connectivity index (χ3n) is 3.95. The van der Waals surface area contributed by atoms with E-state index in [1.807, 2.05) is 0 Å². The summed E-state index contributed by atoms with van der Waals surface area (Å²) in [6.07, 6.45) is 1.14. The fourth-order valence-corrected chi connectivity index (χ4v) is 5.66. The van der Waals surface area contributed by atoms with Crippen LogP contribution in [0.5, 0.6) is 0 Å². The highest BCUT2D eigenvalue weighted by Gasteiger charge is 2.30. The summed E-state index contributed by atoms with van der Waals surface area (Å²) in [6, 6.07) is 9.07. The highest BCUT2D eigenvalue weighted by molar-refractivity contribution is 8.07. The highest BCUT2D eigenvalue weighted by Crippen LogP contribution is 2.40. The maximum absolute atomic E-state index is 6.54. The molecule has 1 saturated heterocycles. The normalized spacial score (nSPS) is 28.6. The molecule has 0 radical (unpaired) electrons. The molecule has 0 amide bonds. The molecule has 0 spiro atoms. The Balaban J connectivity index is 2.07. The lowest BCUT2D eigenvalue weighted by molar-refractivity contribution is 0.644. The fraction of sp³-hybridized carbons (Fsp3) is 0.647. The van der Waals surface area contributed by atoms with E-state index in [2.05, 4.69) is 75.5 Å². The summed E-state index contributed by atoms with van der Waals surface area (Å²) in [6.45, 7) is 9.19. The Morgan fingerprint density at radius 2 is 2.00 bits per heavy atom. The predicted octanol–water partition coefficient (Wildman–Crippen LogP) is 4.51. The molecule has 0 aromatic heterocycles. The monoisotopic (exact) mass is 309 g/mol. The van der Waals surface area contributed by atoms with Gasteiger partial charge in [0.2, 0.25) is 0 Å². The summed E-state index contributed by atoms with van der Waals surface area (Å²) in [5, 5.41) is 1.99. The molecule has 2 N–H and O–H groups in total. The van der Waals surface area contributed by atoms with Gasteiger partial charge in [0.15, 0.2) is 0 Å². The van der Waals surface area contributed by atoms with Gasteiger partial charge in [0, 0.05) is 27.5 Å². The van der Waals surface area contributed by atoms with Crippen LogP contribution in [0.1, 0.15) is 44.9 Å². The summed E-state index contributed by atoms with van der Waals surface area (Å²) >= 11 is 4.14. The molecule has 0 aliphatic carbocycles. The van der Waals surface area contributed by atoms with Crippen molar-refractivity contribution in [1.82, 2.24) is 0 Å². The van der Waals surface area contributed by atoms with Crippen molar-refractivity contribution in [1.29, 1.82) is 0 Å². The Bertz CT molecular complexity index is 433. The van der Waals surface area contributed by atoms with Gasteiger partial charge < -0.3 is 5.73 Å². The summed E-state index contributed by atoms with van der Waals surface area (Å²) in [7, 11) is 0. The topological polar surface area (TPSA) is 26.0 Å². The first-order chi connectivity index (χ1) is 9.47. The van der Waals surface area contributed by atoms with Crippen molar-refractivity contribution < 1.29 is 0 Å². The maximum Gasteiger partial charge on any atom is 0.0423 e. The van der Waals surface area contributed by atoms with Crippen LogP contribution in [-0.4, -0.2) is 21.5 Å². The lowest BCUT2D eigenvalue weighted by Crippen LogP contribution is -2.34.